The second-order valence-corrected chi connectivity index (χ2v) is 7.08. The monoisotopic (exact) mass is 388 g/mol. The van der Waals surface area contributed by atoms with Crippen LogP contribution in [0.4, 0.5) is 0 Å². The standard InChI is InChI=1S/2C9H10N2OS/c2*1-6-8(4-12-11-6)9(10-5-13)7-2-3-7/h2*4,7,9H,2-3H2,1H3/t2*9-/m10/s1. The summed E-state index contributed by atoms with van der Waals surface area (Å²) in [5.41, 5.74) is 3.93. The third kappa shape index (κ3) is 4.59. The summed E-state index contributed by atoms with van der Waals surface area (Å²) in [5, 5.41) is 12.6. The van der Waals surface area contributed by atoms with Crippen LogP contribution in [0.15, 0.2) is 31.6 Å². The zero-order valence-electron chi connectivity index (χ0n) is 14.7. The molecule has 0 N–H and O–H groups in total. The largest absolute Gasteiger partial charge is 0.364 e. The van der Waals surface area contributed by atoms with Gasteiger partial charge in [0.2, 0.25) is 0 Å². The Labute approximate surface area is 162 Å². The van der Waals surface area contributed by atoms with Gasteiger partial charge in [0.1, 0.15) is 12.5 Å². The van der Waals surface area contributed by atoms with E-state index >= 15 is 0 Å². The number of hydrogen-bond donors (Lipinski definition) is 0. The highest BCUT2D eigenvalue weighted by atomic mass is 32.1. The summed E-state index contributed by atoms with van der Waals surface area (Å²) in [4.78, 5) is 8.31. The summed E-state index contributed by atoms with van der Waals surface area (Å²) < 4.78 is 9.76. The summed E-state index contributed by atoms with van der Waals surface area (Å²) in [6.45, 7) is 3.85. The Morgan fingerprint density at radius 3 is 1.50 bits per heavy atom. The highest BCUT2D eigenvalue weighted by molar-refractivity contribution is 7.78. The molecule has 2 aromatic heterocycles. The van der Waals surface area contributed by atoms with Crippen molar-refractivity contribution in [3.8, 4) is 0 Å². The van der Waals surface area contributed by atoms with E-state index in [1.54, 1.807) is 12.5 Å². The molecule has 2 fully saturated rings. The number of hydrogen-bond acceptors (Lipinski definition) is 8. The number of thiocarbonyl (C=S) groups is 2. The van der Waals surface area contributed by atoms with Crippen molar-refractivity contribution >= 4 is 34.8 Å². The van der Waals surface area contributed by atoms with Gasteiger partial charge in [-0.05, 0) is 75.8 Å². The van der Waals surface area contributed by atoms with Gasteiger partial charge in [-0.15, -0.1) is 0 Å². The molecular weight excluding hydrogens is 368 g/mol. The lowest BCUT2D eigenvalue weighted by atomic mass is 10.1. The van der Waals surface area contributed by atoms with Crippen molar-refractivity contribution in [1.82, 2.24) is 10.3 Å². The summed E-state index contributed by atoms with van der Waals surface area (Å²) in [7, 11) is 0. The van der Waals surface area contributed by atoms with Gasteiger partial charge in [0.15, 0.2) is 0 Å². The van der Waals surface area contributed by atoms with Gasteiger partial charge in [-0.3, -0.25) is 0 Å². The van der Waals surface area contributed by atoms with Gasteiger partial charge in [-0.25, -0.2) is 9.98 Å². The zero-order valence-corrected chi connectivity index (χ0v) is 16.3. The fourth-order valence-electron chi connectivity index (χ4n) is 2.96. The minimum atomic E-state index is 0.128. The van der Waals surface area contributed by atoms with Gasteiger partial charge in [0.05, 0.1) is 33.8 Å². The summed E-state index contributed by atoms with van der Waals surface area (Å²) in [6, 6.07) is 0.257. The normalized spacial score (nSPS) is 17.9. The summed E-state index contributed by atoms with van der Waals surface area (Å²) >= 11 is 9.25. The first-order chi connectivity index (χ1) is 12.7. The van der Waals surface area contributed by atoms with Crippen molar-refractivity contribution in [3.05, 3.63) is 35.0 Å². The first-order valence-corrected chi connectivity index (χ1v) is 9.43. The smallest absolute Gasteiger partial charge is 0.129 e. The van der Waals surface area contributed by atoms with Crippen LogP contribution in [0.2, 0.25) is 0 Å². The summed E-state index contributed by atoms with van der Waals surface area (Å²) in [5.74, 6) is 1.24. The van der Waals surface area contributed by atoms with Crippen LogP contribution in [0.25, 0.3) is 0 Å². The number of aromatic nitrogens is 2. The zero-order chi connectivity index (χ0) is 18.5. The molecular formula is C18H20N4O2S2. The van der Waals surface area contributed by atoms with Crippen molar-refractivity contribution in [1.29, 1.82) is 0 Å². The van der Waals surface area contributed by atoms with E-state index in [-0.39, 0.29) is 12.1 Å². The molecule has 0 aliphatic heterocycles. The molecule has 136 valence electrons. The molecule has 6 nitrogen and oxygen atoms in total. The highest BCUT2D eigenvalue weighted by Crippen LogP contribution is 2.44. The molecule has 0 bridgehead atoms. The fraction of sp³-hybridized carbons (Fsp3) is 0.556. The quantitative estimate of drug-likeness (QED) is 0.508. The molecule has 8 heteroatoms. The maximum atomic E-state index is 4.88. The highest BCUT2D eigenvalue weighted by Gasteiger charge is 2.34. The first-order valence-electron chi connectivity index (χ1n) is 8.61. The van der Waals surface area contributed by atoms with Crippen molar-refractivity contribution in [2.24, 2.45) is 21.8 Å². The van der Waals surface area contributed by atoms with Crippen molar-refractivity contribution in [2.75, 3.05) is 0 Å². The van der Waals surface area contributed by atoms with Crippen LogP contribution in [-0.2, 0) is 0 Å². The van der Waals surface area contributed by atoms with E-state index in [1.165, 1.54) is 25.7 Å². The van der Waals surface area contributed by atoms with Crippen molar-refractivity contribution in [2.45, 2.75) is 51.6 Å². The lowest BCUT2D eigenvalue weighted by Gasteiger charge is -2.06. The molecule has 2 aromatic rings. The van der Waals surface area contributed by atoms with E-state index in [1.807, 2.05) is 13.8 Å². The van der Waals surface area contributed by atoms with Crippen molar-refractivity contribution < 1.29 is 9.05 Å². The van der Waals surface area contributed by atoms with E-state index < -0.39 is 0 Å². The molecule has 2 aliphatic carbocycles. The Hall–Kier alpha value is -1.98. The van der Waals surface area contributed by atoms with Crippen LogP contribution in [0.1, 0.15) is 60.3 Å². The Bertz CT molecular complexity index is 771. The second kappa shape index (κ2) is 8.60. The number of nitrogens with zero attached hydrogens (tertiary/aromatic N) is 4. The Kier molecular flexibility index (Phi) is 6.22. The predicted octanol–water partition coefficient (Wildman–Crippen LogP) is 5.07. The second-order valence-electron chi connectivity index (χ2n) is 6.72. The van der Waals surface area contributed by atoms with Crippen molar-refractivity contribution in [3.63, 3.8) is 0 Å². The molecule has 2 heterocycles. The van der Waals surface area contributed by atoms with Gasteiger partial charge >= 0.3 is 0 Å². The van der Waals surface area contributed by atoms with Gasteiger partial charge in [0, 0.05) is 11.1 Å². The molecule has 0 amide bonds. The Balaban J connectivity index is 0.000000151. The average molecular weight is 389 g/mol. The van der Waals surface area contributed by atoms with Gasteiger partial charge in [-0.2, -0.15) is 0 Å². The van der Waals surface area contributed by atoms with Crippen LogP contribution in [0.5, 0.6) is 0 Å². The number of rotatable bonds is 6. The number of aryl methyl sites for hydroxylation is 2. The van der Waals surface area contributed by atoms with E-state index in [0.717, 1.165) is 22.5 Å². The van der Waals surface area contributed by atoms with Gasteiger partial charge < -0.3 is 9.05 Å². The van der Waals surface area contributed by atoms with Crippen LogP contribution in [0.3, 0.4) is 0 Å². The van der Waals surface area contributed by atoms with Crippen LogP contribution in [-0.4, -0.2) is 20.6 Å². The van der Waals surface area contributed by atoms with E-state index in [9.17, 15) is 0 Å². The van der Waals surface area contributed by atoms with Crippen LogP contribution < -0.4 is 0 Å². The summed E-state index contributed by atoms with van der Waals surface area (Å²) in [6.07, 6.45) is 8.19. The first kappa shape index (κ1) is 18.8. The Morgan fingerprint density at radius 1 is 0.885 bits per heavy atom. The lowest BCUT2D eigenvalue weighted by molar-refractivity contribution is 0.413. The number of isothiocyanates is 2. The fourth-order valence-corrected chi connectivity index (χ4v) is 3.19. The maximum Gasteiger partial charge on any atom is 0.129 e. The molecule has 2 aliphatic rings. The van der Waals surface area contributed by atoms with Crippen LogP contribution in [0, 0.1) is 25.7 Å². The molecule has 0 spiro atoms. The predicted molar refractivity (Wildman–Crippen MR) is 103 cm³/mol. The maximum absolute atomic E-state index is 4.88. The third-order valence-corrected chi connectivity index (χ3v) is 4.94. The van der Waals surface area contributed by atoms with Gasteiger partial charge in [-0.1, -0.05) is 10.3 Å². The molecule has 26 heavy (non-hydrogen) atoms. The Morgan fingerprint density at radius 2 is 1.27 bits per heavy atom. The molecule has 2 atom stereocenters. The van der Waals surface area contributed by atoms with E-state index in [0.29, 0.717) is 11.8 Å². The third-order valence-electron chi connectivity index (χ3n) is 4.73. The molecule has 0 aromatic carbocycles. The van der Waals surface area contributed by atoms with Crippen LogP contribution >= 0.6 is 24.4 Å². The molecule has 0 unspecified atom stereocenters. The molecule has 0 radical (unpaired) electrons. The minimum Gasteiger partial charge on any atom is -0.364 e. The SMILES string of the molecule is Cc1nocc1[C@@H](N=C=S)C1CC1.Cc1nocc1[C@H](N=C=S)C1CC1. The molecule has 0 saturated heterocycles. The van der Waals surface area contributed by atoms with Gasteiger partial charge in [0.25, 0.3) is 0 Å². The van der Waals surface area contributed by atoms with E-state index in [4.69, 9.17) is 9.05 Å². The molecule has 2 saturated carbocycles. The molecule has 4 rings (SSSR count). The average Bonchev–Trinajstić information content (AvgIpc) is 3.55. The lowest BCUT2D eigenvalue weighted by Crippen LogP contribution is -1.97. The topological polar surface area (TPSA) is 76.8 Å². The van der Waals surface area contributed by atoms with E-state index in [2.05, 4.69) is 55.1 Å². The minimum absolute atomic E-state index is 0.128. The number of aliphatic imine (C=N–C) groups is 2.